The predicted molar refractivity (Wildman–Crippen MR) is 71.7 cm³/mol. The largest absolute Gasteiger partial charge is 0.481 e. The number of carboxylic acids is 1. The first-order valence-corrected chi connectivity index (χ1v) is 7.02. The lowest BCUT2D eigenvalue weighted by Gasteiger charge is -2.40. The minimum absolute atomic E-state index is 0.0580. The third-order valence-electron chi connectivity index (χ3n) is 4.68. The topological polar surface area (TPSA) is 69.6 Å². The molecule has 0 saturated carbocycles. The summed E-state index contributed by atoms with van der Waals surface area (Å²) in [5.74, 6) is -0.742. The highest BCUT2D eigenvalue weighted by Crippen LogP contribution is 2.35. The Hall–Kier alpha value is -1.10. The first-order chi connectivity index (χ1) is 8.76. The number of likely N-dealkylation sites (tertiary alicyclic amines) is 1. The molecule has 19 heavy (non-hydrogen) atoms. The molecule has 0 aliphatic carbocycles. The number of carbonyl (C=O) groups excluding carboxylic acids is 1. The third-order valence-corrected chi connectivity index (χ3v) is 4.68. The van der Waals surface area contributed by atoms with E-state index in [9.17, 15) is 14.7 Å². The van der Waals surface area contributed by atoms with Gasteiger partial charge in [0.1, 0.15) is 0 Å². The van der Waals surface area contributed by atoms with Crippen molar-refractivity contribution in [2.75, 3.05) is 19.6 Å². The summed E-state index contributed by atoms with van der Waals surface area (Å²) >= 11 is 0. The number of piperidine rings is 1. The fourth-order valence-corrected chi connectivity index (χ4v) is 3.14. The molecule has 2 fully saturated rings. The molecule has 5 heteroatoms. The predicted octanol–water partition coefficient (Wildman–Crippen LogP) is 1.09. The third kappa shape index (κ3) is 2.61. The molecule has 2 rings (SSSR count). The van der Waals surface area contributed by atoms with Gasteiger partial charge in [-0.25, -0.2) is 0 Å². The number of carbonyl (C=O) groups is 2. The van der Waals surface area contributed by atoms with Gasteiger partial charge in [-0.2, -0.15) is 0 Å². The number of carboxylic acid groups (broad SMARTS) is 1. The van der Waals surface area contributed by atoms with Crippen LogP contribution in [0.4, 0.5) is 0 Å². The summed E-state index contributed by atoms with van der Waals surface area (Å²) in [6.07, 6.45) is 2.66. The van der Waals surface area contributed by atoms with Crippen LogP contribution in [0.3, 0.4) is 0 Å². The van der Waals surface area contributed by atoms with E-state index in [4.69, 9.17) is 0 Å². The van der Waals surface area contributed by atoms with Gasteiger partial charge in [-0.15, -0.1) is 0 Å². The Labute approximate surface area is 114 Å². The summed E-state index contributed by atoms with van der Waals surface area (Å²) in [5.41, 5.74) is -0.841. The maximum Gasteiger partial charge on any atom is 0.311 e. The average molecular weight is 268 g/mol. The Morgan fingerprint density at radius 2 is 1.95 bits per heavy atom. The fraction of sp³-hybridized carbons (Fsp3) is 0.857. The van der Waals surface area contributed by atoms with Crippen molar-refractivity contribution in [1.29, 1.82) is 0 Å². The number of nitrogens with zero attached hydrogens (tertiary/aromatic N) is 1. The minimum atomic E-state index is -0.807. The molecule has 0 bridgehead atoms. The van der Waals surface area contributed by atoms with E-state index in [-0.39, 0.29) is 17.4 Å². The molecule has 5 nitrogen and oxygen atoms in total. The van der Waals surface area contributed by atoms with Crippen LogP contribution in [0.5, 0.6) is 0 Å². The Morgan fingerprint density at radius 3 is 2.47 bits per heavy atom. The molecule has 108 valence electrons. The highest BCUT2D eigenvalue weighted by molar-refractivity contribution is 5.85. The van der Waals surface area contributed by atoms with Crippen LogP contribution in [0.25, 0.3) is 0 Å². The van der Waals surface area contributed by atoms with Gasteiger partial charge < -0.3 is 15.3 Å². The number of amides is 1. The molecule has 0 aromatic carbocycles. The van der Waals surface area contributed by atoms with Gasteiger partial charge in [-0.3, -0.25) is 9.59 Å². The number of rotatable bonds is 2. The molecule has 2 saturated heterocycles. The molecule has 2 heterocycles. The first-order valence-electron chi connectivity index (χ1n) is 7.02. The zero-order valence-corrected chi connectivity index (χ0v) is 12.0. The van der Waals surface area contributed by atoms with Crippen molar-refractivity contribution in [1.82, 2.24) is 10.2 Å². The van der Waals surface area contributed by atoms with E-state index in [2.05, 4.69) is 19.2 Å². The first kappa shape index (κ1) is 14.3. The second-order valence-electron chi connectivity index (χ2n) is 6.85. The van der Waals surface area contributed by atoms with Crippen LogP contribution < -0.4 is 5.32 Å². The van der Waals surface area contributed by atoms with Crippen molar-refractivity contribution >= 4 is 11.9 Å². The normalized spacial score (nSPS) is 34.3. The van der Waals surface area contributed by atoms with Crippen LogP contribution in [0.15, 0.2) is 0 Å². The summed E-state index contributed by atoms with van der Waals surface area (Å²) in [6, 6.07) is -0.183. The lowest BCUT2D eigenvalue weighted by molar-refractivity contribution is -0.147. The van der Waals surface area contributed by atoms with Crippen LogP contribution in [0.1, 0.15) is 40.0 Å². The lowest BCUT2D eigenvalue weighted by Crippen LogP contribution is -2.56. The molecule has 2 N–H and O–H groups in total. The van der Waals surface area contributed by atoms with E-state index < -0.39 is 11.4 Å². The summed E-state index contributed by atoms with van der Waals surface area (Å²) in [6.45, 7) is 7.68. The molecule has 0 spiro atoms. The molecule has 0 aromatic heterocycles. The Bertz CT molecular complexity index is 394. The van der Waals surface area contributed by atoms with Crippen LogP contribution in [-0.2, 0) is 9.59 Å². The number of aliphatic carboxylic acids is 1. The van der Waals surface area contributed by atoms with Crippen molar-refractivity contribution < 1.29 is 14.7 Å². The molecule has 2 aliphatic rings. The second kappa shape index (κ2) is 4.78. The van der Waals surface area contributed by atoms with Crippen molar-refractivity contribution in [3.63, 3.8) is 0 Å². The van der Waals surface area contributed by atoms with Crippen molar-refractivity contribution in [3.8, 4) is 0 Å². The maximum absolute atomic E-state index is 12.6. The fourth-order valence-electron chi connectivity index (χ4n) is 3.14. The minimum Gasteiger partial charge on any atom is -0.481 e. The summed E-state index contributed by atoms with van der Waals surface area (Å²) in [4.78, 5) is 25.6. The van der Waals surface area contributed by atoms with Gasteiger partial charge in [0.15, 0.2) is 0 Å². The Morgan fingerprint density at radius 1 is 1.26 bits per heavy atom. The van der Waals surface area contributed by atoms with Gasteiger partial charge in [0.2, 0.25) is 5.91 Å². The van der Waals surface area contributed by atoms with Gasteiger partial charge in [0, 0.05) is 13.1 Å². The van der Waals surface area contributed by atoms with Crippen LogP contribution in [0.2, 0.25) is 0 Å². The van der Waals surface area contributed by atoms with Gasteiger partial charge in [0.05, 0.1) is 11.5 Å². The average Bonchev–Trinajstić information content (AvgIpc) is 2.72. The summed E-state index contributed by atoms with van der Waals surface area (Å²) < 4.78 is 0. The van der Waals surface area contributed by atoms with E-state index in [1.807, 2.05) is 0 Å². The molecule has 0 aromatic rings. The van der Waals surface area contributed by atoms with E-state index in [1.165, 1.54) is 0 Å². The SMILES string of the molecule is CC1(C(=O)O)CCN(C(=O)C2NCCCC2(C)C)C1. The Kier molecular flexibility index (Phi) is 3.60. The summed E-state index contributed by atoms with van der Waals surface area (Å²) in [5, 5.41) is 12.5. The molecule has 0 radical (unpaired) electrons. The molecule has 1 amide bonds. The van der Waals surface area contributed by atoms with Gasteiger partial charge >= 0.3 is 5.97 Å². The smallest absolute Gasteiger partial charge is 0.311 e. The standard InChI is InChI=1S/C14H24N2O3/c1-13(2)5-4-7-15-10(13)11(17)16-8-6-14(3,9-16)12(18)19/h10,15H,4-9H2,1-3H3,(H,18,19). The van der Waals surface area contributed by atoms with Crippen molar-refractivity contribution in [3.05, 3.63) is 0 Å². The van der Waals surface area contributed by atoms with E-state index in [0.29, 0.717) is 19.5 Å². The van der Waals surface area contributed by atoms with E-state index in [1.54, 1.807) is 11.8 Å². The zero-order chi connectivity index (χ0) is 14.3. The second-order valence-corrected chi connectivity index (χ2v) is 6.85. The molecular weight excluding hydrogens is 244 g/mol. The number of hydrogen-bond donors (Lipinski definition) is 2. The van der Waals surface area contributed by atoms with Crippen LogP contribution in [-0.4, -0.2) is 47.6 Å². The molecular formula is C14H24N2O3. The molecule has 2 unspecified atom stereocenters. The molecule has 2 atom stereocenters. The van der Waals surface area contributed by atoms with Crippen molar-refractivity contribution in [2.45, 2.75) is 46.1 Å². The van der Waals surface area contributed by atoms with Crippen molar-refractivity contribution in [2.24, 2.45) is 10.8 Å². The lowest BCUT2D eigenvalue weighted by atomic mass is 9.77. The Balaban J connectivity index is 2.07. The monoisotopic (exact) mass is 268 g/mol. The van der Waals surface area contributed by atoms with Gasteiger partial charge in [-0.05, 0) is 38.1 Å². The van der Waals surface area contributed by atoms with Crippen LogP contribution >= 0.6 is 0 Å². The zero-order valence-electron chi connectivity index (χ0n) is 12.0. The quantitative estimate of drug-likeness (QED) is 0.786. The summed E-state index contributed by atoms with van der Waals surface area (Å²) in [7, 11) is 0. The highest BCUT2D eigenvalue weighted by Gasteiger charge is 2.46. The van der Waals surface area contributed by atoms with E-state index >= 15 is 0 Å². The van der Waals surface area contributed by atoms with Gasteiger partial charge in [0.25, 0.3) is 0 Å². The van der Waals surface area contributed by atoms with Crippen LogP contribution in [0, 0.1) is 10.8 Å². The number of nitrogens with one attached hydrogen (secondary N) is 1. The highest BCUT2D eigenvalue weighted by atomic mass is 16.4. The maximum atomic E-state index is 12.6. The molecule has 2 aliphatic heterocycles. The van der Waals surface area contributed by atoms with E-state index in [0.717, 1.165) is 19.4 Å². The van der Waals surface area contributed by atoms with Gasteiger partial charge in [-0.1, -0.05) is 13.8 Å². The number of hydrogen-bond acceptors (Lipinski definition) is 3.